The molecule has 0 amide bonds. The molecule has 5 heteroatoms. The van der Waals surface area contributed by atoms with Gasteiger partial charge in [-0.05, 0) is 28.8 Å². The Hall–Kier alpha value is 0.246. The molecular weight excluding hydrogens is 263 g/mol. The molecule has 0 fully saturated rings. The van der Waals surface area contributed by atoms with Crippen LogP contribution in [-0.4, -0.2) is 13.0 Å². The predicted molar refractivity (Wildman–Crippen MR) is 61.3 cm³/mol. The van der Waals surface area contributed by atoms with Crippen molar-refractivity contribution in [3.63, 3.8) is 0 Å². The second-order valence-corrected chi connectivity index (χ2v) is 4.97. The minimum Gasteiger partial charge on any atom is -0.744 e. The van der Waals surface area contributed by atoms with Gasteiger partial charge in [0.1, 0.15) is 10.1 Å². The van der Waals surface area contributed by atoms with E-state index < -0.39 is 10.1 Å². The van der Waals surface area contributed by atoms with Gasteiger partial charge >= 0.3 is 51.4 Å². The third-order valence-electron chi connectivity index (χ3n) is 2.58. The number of fused-ring (bicyclic) bond motifs is 1. The Morgan fingerprint density at radius 2 is 1.88 bits per heavy atom. The zero-order valence-corrected chi connectivity index (χ0v) is 13.7. The van der Waals surface area contributed by atoms with E-state index in [1.807, 2.05) is 25.1 Å². The Labute approximate surface area is 143 Å². The molecule has 84 valence electrons. The summed E-state index contributed by atoms with van der Waals surface area (Å²) in [4.78, 5) is -0.146. The molecule has 0 atom stereocenters. The Morgan fingerprint density at radius 1 is 1.18 bits per heavy atom. The third-order valence-corrected chi connectivity index (χ3v) is 3.48. The largest absolute Gasteiger partial charge is 1.00 e. The maximum absolute atomic E-state index is 11.0. The quantitative estimate of drug-likeness (QED) is 0.538. The molecule has 17 heavy (non-hydrogen) atoms. The van der Waals surface area contributed by atoms with E-state index in [0.29, 0.717) is 5.39 Å². The van der Waals surface area contributed by atoms with Gasteiger partial charge in [0.05, 0.1) is 4.90 Å². The van der Waals surface area contributed by atoms with Crippen molar-refractivity contribution < 1.29 is 64.4 Å². The molecule has 0 radical (unpaired) electrons. The van der Waals surface area contributed by atoms with Gasteiger partial charge in [-0.15, -0.1) is 0 Å². The topological polar surface area (TPSA) is 57.2 Å². The van der Waals surface area contributed by atoms with Crippen LogP contribution in [0.25, 0.3) is 10.8 Å². The zero-order valence-electron chi connectivity index (χ0n) is 9.80. The van der Waals surface area contributed by atoms with Crippen LogP contribution in [0.4, 0.5) is 0 Å². The summed E-state index contributed by atoms with van der Waals surface area (Å²) in [6.45, 7) is 2.02. The molecule has 0 aliphatic rings. The van der Waals surface area contributed by atoms with Crippen molar-refractivity contribution in [2.75, 3.05) is 0 Å². The number of hydrogen-bond acceptors (Lipinski definition) is 3. The van der Waals surface area contributed by atoms with Crippen molar-refractivity contribution in [3.8, 4) is 0 Å². The number of aryl methyl sites for hydroxylation is 1. The van der Waals surface area contributed by atoms with Crippen LogP contribution in [0.15, 0.2) is 41.3 Å². The second kappa shape index (κ2) is 5.93. The maximum Gasteiger partial charge on any atom is 1.00 e. The van der Waals surface area contributed by atoms with Gasteiger partial charge in [0, 0.05) is 0 Å². The van der Waals surface area contributed by atoms with Gasteiger partial charge < -0.3 is 4.55 Å². The Morgan fingerprint density at radius 3 is 2.47 bits per heavy atom. The summed E-state index contributed by atoms with van der Waals surface area (Å²) in [6.07, 6.45) is 0.879. The van der Waals surface area contributed by atoms with Crippen LogP contribution in [0.3, 0.4) is 0 Å². The summed E-state index contributed by atoms with van der Waals surface area (Å²) in [5, 5.41) is 1.28. The molecule has 2 aromatic carbocycles. The van der Waals surface area contributed by atoms with Crippen LogP contribution >= 0.6 is 0 Å². The first kappa shape index (κ1) is 15.3. The Bertz CT molecular complexity index is 635. The number of hydrogen-bond donors (Lipinski definition) is 0. The molecule has 0 aliphatic carbocycles. The minimum atomic E-state index is -4.40. The first-order valence-corrected chi connectivity index (χ1v) is 6.41. The molecule has 0 saturated heterocycles. The first-order chi connectivity index (χ1) is 7.52. The summed E-state index contributed by atoms with van der Waals surface area (Å²) in [5.74, 6) is 0. The van der Waals surface area contributed by atoms with Crippen molar-refractivity contribution in [2.24, 2.45) is 0 Å². The van der Waals surface area contributed by atoms with E-state index in [-0.39, 0.29) is 56.3 Å². The van der Waals surface area contributed by atoms with E-state index in [4.69, 9.17) is 0 Å². The van der Waals surface area contributed by atoms with Crippen molar-refractivity contribution in [1.29, 1.82) is 0 Å². The summed E-state index contributed by atoms with van der Waals surface area (Å²) < 4.78 is 33.1. The first-order valence-electron chi connectivity index (χ1n) is 5.00. The average Bonchev–Trinajstić information content (AvgIpc) is 2.26. The second-order valence-electron chi connectivity index (χ2n) is 3.62. The number of benzene rings is 2. The van der Waals surface area contributed by atoms with Crippen LogP contribution in [0.1, 0.15) is 12.5 Å². The van der Waals surface area contributed by atoms with E-state index in [1.54, 1.807) is 12.1 Å². The van der Waals surface area contributed by atoms with Gasteiger partial charge in [0.2, 0.25) is 0 Å². The van der Waals surface area contributed by atoms with Crippen molar-refractivity contribution in [1.82, 2.24) is 0 Å². The molecule has 0 spiro atoms. The van der Waals surface area contributed by atoms with Gasteiger partial charge in [-0.1, -0.05) is 37.3 Å². The fourth-order valence-electron chi connectivity index (χ4n) is 1.74. The molecule has 0 heterocycles. The number of rotatable bonds is 2. The van der Waals surface area contributed by atoms with Crippen LogP contribution in [0, 0.1) is 0 Å². The van der Waals surface area contributed by atoms with E-state index >= 15 is 0 Å². The monoisotopic (exact) mass is 274 g/mol. The summed E-state index contributed by atoms with van der Waals surface area (Å²) in [5.41, 5.74) is 1.12. The Balaban J connectivity index is 0.00000144. The SMILES string of the molecule is CCc1ccc2c(S(=O)(=O)[O-])cccc2c1.[K+]. The average molecular weight is 274 g/mol. The van der Waals surface area contributed by atoms with Gasteiger partial charge in [-0.3, -0.25) is 0 Å². The molecule has 3 nitrogen and oxygen atoms in total. The zero-order chi connectivity index (χ0) is 11.8. The molecule has 0 saturated carbocycles. The summed E-state index contributed by atoms with van der Waals surface area (Å²) >= 11 is 0. The van der Waals surface area contributed by atoms with E-state index in [2.05, 4.69) is 0 Å². The molecule has 0 aromatic heterocycles. The van der Waals surface area contributed by atoms with E-state index in [0.717, 1.165) is 17.4 Å². The van der Waals surface area contributed by atoms with Crippen LogP contribution in [0.2, 0.25) is 0 Å². The van der Waals surface area contributed by atoms with Gasteiger partial charge in [-0.2, -0.15) is 0 Å². The standard InChI is InChI=1S/C12H12O3S.K/c1-2-9-6-7-11-10(8-9)4-3-5-12(11)16(13,14)15;/h3-8H,2H2,1H3,(H,13,14,15);/q;+1/p-1. The molecule has 2 rings (SSSR count). The van der Waals surface area contributed by atoms with Crippen molar-refractivity contribution in [3.05, 3.63) is 42.0 Å². The van der Waals surface area contributed by atoms with Crippen LogP contribution in [-0.2, 0) is 16.5 Å². The summed E-state index contributed by atoms with van der Waals surface area (Å²) in [6, 6.07) is 10.2. The predicted octanol–water partition coefficient (Wildman–Crippen LogP) is -0.690. The fourth-order valence-corrected chi connectivity index (χ4v) is 2.44. The van der Waals surface area contributed by atoms with Gasteiger partial charge in [-0.25, -0.2) is 8.42 Å². The van der Waals surface area contributed by atoms with E-state index in [9.17, 15) is 13.0 Å². The van der Waals surface area contributed by atoms with Crippen molar-refractivity contribution >= 4 is 20.9 Å². The third kappa shape index (κ3) is 3.38. The van der Waals surface area contributed by atoms with Crippen molar-refractivity contribution in [2.45, 2.75) is 18.2 Å². The normalized spacial score (nSPS) is 11.2. The molecule has 0 aliphatic heterocycles. The molecular formula is C12H11KO3S. The van der Waals surface area contributed by atoms with Gasteiger partial charge in [0.25, 0.3) is 0 Å². The van der Waals surface area contributed by atoms with Crippen LogP contribution < -0.4 is 51.4 Å². The molecule has 0 bridgehead atoms. The molecule has 0 unspecified atom stereocenters. The Kier molecular flexibility index (Phi) is 5.33. The minimum absolute atomic E-state index is 0. The fraction of sp³-hybridized carbons (Fsp3) is 0.167. The summed E-state index contributed by atoms with van der Waals surface area (Å²) in [7, 11) is -4.40. The van der Waals surface area contributed by atoms with Gasteiger partial charge in [0.15, 0.2) is 0 Å². The smallest absolute Gasteiger partial charge is 0.744 e. The molecule has 2 aromatic rings. The van der Waals surface area contributed by atoms with E-state index in [1.165, 1.54) is 6.07 Å². The molecule has 0 N–H and O–H groups in total. The van der Waals surface area contributed by atoms with Crippen LogP contribution in [0.5, 0.6) is 0 Å². The maximum atomic E-state index is 11.0.